The van der Waals surface area contributed by atoms with Crippen LogP contribution < -0.4 is 10.1 Å². The normalized spacial score (nSPS) is 9.95. The Morgan fingerprint density at radius 3 is 2.14 bits per heavy atom. The molecule has 0 bridgehead atoms. The van der Waals surface area contributed by atoms with Crippen molar-refractivity contribution in [2.75, 3.05) is 19.5 Å². The van der Waals surface area contributed by atoms with Crippen molar-refractivity contribution in [3.8, 4) is 5.75 Å². The quantitative estimate of drug-likeness (QED) is 0.881. The van der Waals surface area contributed by atoms with E-state index in [1.54, 1.807) is 49.6 Å². The second-order valence-corrected chi connectivity index (χ2v) is 4.71. The van der Waals surface area contributed by atoms with Crippen LogP contribution in [0.4, 0.5) is 5.69 Å². The van der Waals surface area contributed by atoms with Gasteiger partial charge in [0.2, 0.25) is 0 Å². The fourth-order valence-corrected chi connectivity index (χ4v) is 2.03. The Morgan fingerprint density at radius 2 is 1.59 bits per heavy atom. The van der Waals surface area contributed by atoms with Gasteiger partial charge in [-0.15, -0.1) is 0 Å². The van der Waals surface area contributed by atoms with E-state index in [9.17, 15) is 9.59 Å². The van der Waals surface area contributed by atoms with Gasteiger partial charge < -0.3 is 14.8 Å². The first-order chi connectivity index (χ1) is 10.5. The molecule has 0 heterocycles. The number of aryl methyl sites for hydroxylation is 1. The minimum atomic E-state index is -0.413. The van der Waals surface area contributed by atoms with Crippen LogP contribution in [0, 0.1) is 6.92 Å². The van der Waals surface area contributed by atoms with Gasteiger partial charge in [0, 0.05) is 11.3 Å². The molecule has 2 rings (SSSR count). The fraction of sp³-hybridized carbons (Fsp3) is 0.176. The van der Waals surface area contributed by atoms with Gasteiger partial charge in [0.15, 0.2) is 0 Å². The molecule has 0 saturated heterocycles. The van der Waals surface area contributed by atoms with Crippen LogP contribution in [0.15, 0.2) is 42.5 Å². The summed E-state index contributed by atoms with van der Waals surface area (Å²) in [5.74, 6) is 0.0965. The Balaban J connectivity index is 2.11. The first-order valence-electron chi connectivity index (χ1n) is 6.69. The van der Waals surface area contributed by atoms with E-state index in [1.807, 2.05) is 6.92 Å². The van der Waals surface area contributed by atoms with Gasteiger partial charge in [0.05, 0.1) is 19.8 Å². The number of benzene rings is 2. The summed E-state index contributed by atoms with van der Waals surface area (Å²) in [6.07, 6.45) is 0. The van der Waals surface area contributed by atoms with Crippen LogP contribution in [-0.4, -0.2) is 26.1 Å². The third-order valence-corrected chi connectivity index (χ3v) is 3.22. The molecule has 0 aromatic heterocycles. The summed E-state index contributed by atoms with van der Waals surface area (Å²) in [5.41, 5.74) is 2.46. The lowest BCUT2D eigenvalue weighted by Gasteiger charge is -2.09. The van der Waals surface area contributed by atoms with Gasteiger partial charge in [-0.3, -0.25) is 4.79 Å². The smallest absolute Gasteiger partial charge is 0.337 e. The van der Waals surface area contributed by atoms with Crippen molar-refractivity contribution in [1.29, 1.82) is 0 Å². The van der Waals surface area contributed by atoms with Crippen LogP contribution in [0.25, 0.3) is 0 Å². The van der Waals surface area contributed by atoms with Crippen molar-refractivity contribution in [1.82, 2.24) is 0 Å². The molecular weight excluding hydrogens is 282 g/mol. The molecule has 1 N–H and O–H groups in total. The predicted octanol–water partition coefficient (Wildman–Crippen LogP) is 3.04. The van der Waals surface area contributed by atoms with Crippen molar-refractivity contribution >= 4 is 17.6 Å². The molecule has 0 saturated carbocycles. The molecule has 22 heavy (non-hydrogen) atoms. The first-order valence-corrected chi connectivity index (χ1v) is 6.69. The molecule has 0 unspecified atom stereocenters. The Hall–Kier alpha value is -2.82. The average Bonchev–Trinajstić information content (AvgIpc) is 2.54. The number of amides is 1. The number of esters is 1. The summed E-state index contributed by atoms with van der Waals surface area (Å²) >= 11 is 0. The van der Waals surface area contributed by atoms with Crippen molar-refractivity contribution in [2.24, 2.45) is 0 Å². The largest absolute Gasteiger partial charge is 0.496 e. The number of carbonyl (C=O) groups is 2. The maximum Gasteiger partial charge on any atom is 0.337 e. The predicted molar refractivity (Wildman–Crippen MR) is 83.5 cm³/mol. The van der Waals surface area contributed by atoms with E-state index in [4.69, 9.17) is 4.74 Å². The third kappa shape index (κ3) is 3.44. The fourth-order valence-electron chi connectivity index (χ4n) is 2.03. The Morgan fingerprint density at radius 1 is 0.955 bits per heavy atom. The van der Waals surface area contributed by atoms with Gasteiger partial charge in [-0.2, -0.15) is 0 Å². The Bertz CT molecular complexity index is 692. The van der Waals surface area contributed by atoms with Crippen LogP contribution in [0.1, 0.15) is 26.3 Å². The van der Waals surface area contributed by atoms with Gasteiger partial charge in [0.1, 0.15) is 5.75 Å². The molecule has 5 heteroatoms. The molecule has 0 spiro atoms. The minimum absolute atomic E-state index is 0.225. The van der Waals surface area contributed by atoms with Crippen LogP contribution in [0.3, 0.4) is 0 Å². The number of rotatable bonds is 4. The zero-order chi connectivity index (χ0) is 16.1. The lowest BCUT2D eigenvalue weighted by atomic mass is 10.1. The van der Waals surface area contributed by atoms with E-state index in [-0.39, 0.29) is 5.91 Å². The second-order valence-electron chi connectivity index (χ2n) is 4.71. The molecule has 0 fully saturated rings. The topological polar surface area (TPSA) is 64.6 Å². The molecule has 0 aliphatic heterocycles. The van der Waals surface area contributed by atoms with E-state index in [2.05, 4.69) is 10.1 Å². The van der Waals surface area contributed by atoms with Crippen molar-refractivity contribution < 1.29 is 19.1 Å². The Kier molecular flexibility index (Phi) is 4.78. The van der Waals surface area contributed by atoms with E-state index in [0.717, 1.165) is 11.3 Å². The summed E-state index contributed by atoms with van der Waals surface area (Å²) in [7, 11) is 2.91. The molecular formula is C17H17NO4. The van der Waals surface area contributed by atoms with E-state index < -0.39 is 5.97 Å². The molecule has 5 nitrogen and oxygen atoms in total. The summed E-state index contributed by atoms with van der Waals surface area (Å²) in [4.78, 5) is 23.5. The molecule has 0 atom stereocenters. The highest BCUT2D eigenvalue weighted by atomic mass is 16.5. The van der Waals surface area contributed by atoms with Gasteiger partial charge in [-0.25, -0.2) is 4.79 Å². The van der Waals surface area contributed by atoms with E-state index in [0.29, 0.717) is 16.8 Å². The highest BCUT2D eigenvalue weighted by molar-refractivity contribution is 6.04. The van der Waals surface area contributed by atoms with Crippen molar-refractivity contribution in [3.05, 3.63) is 59.2 Å². The van der Waals surface area contributed by atoms with Crippen LogP contribution in [0.5, 0.6) is 5.75 Å². The standard InChI is InChI=1S/C17H17NO4/c1-11-10-13(6-9-15(11)21-2)16(19)18-14-7-4-12(5-8-14)17(20)22-3/h4-10H,1-3H3,(H,18,19). The molecule has 0 radical (unpaired) electrons. The van der Waals surface area contributed by atoms with Gasteiger partial charge in [-0.1, -0.05) is 0 Å². The maximum atomic E-state index is 12.2. The number of hydrogen-bond acceptors (Lipinski definition) is 4. The van der Waals surface area contributed by atoms with E-state index >= 15 is 0 Å². The summed E-state index contributed by atoms with van der Waals surface area (Å²) in [6, 6.07) is 11.7. The first kappa shape index (κ1) is 15.6. The second kappa shape index (κ2) is 6.76. The lowest BCUT2D eigenvalue weighted by molar-refractivity contribution is 0.0600. The van der Waals surface area contributed by atoms with Crippen LogP contribution >= 0.6 is 0 Å². The number of nitrogens with one attached hydrogen (secondary N) is 1. The summed E-state index contributed by atoms with van der Waals surface area (Å²) < 4.78 is 9.79. The zero-order valence-corrected chi connectivity index (χ0v) is 12.7. The highest BCUT2D eigenvalue weighted by Crippen LogP contribution is 2.19. The highest BCUT2D eigenvalue weighted by Gasteiger charge is 2.09. The average molecular weight is 299 g/mol. The molecule has 0 aliphatic rings. The maximum absolute atomic E-state index is 12.2. The molecule has 0 aliphatic carbocycles. The van der Waals surface area contributed by atoms with Gasteiger partial charge >= 0.3 is 5.97 Å². The number of carbonyl (C=O) groups excluding carboxylic acids is 2. The van der Waals surface area contributed by atoms with Crippen LogP contribution in [-0.2, 0) is 4.74 Å². The molecule has 2 aromatic carbocycles. The van der Waals surface area contributed by atoms with E-state index in [1.165, 1.54) is 7.11 Å². The molecule has 114 valence electrons. The number of ether oxygens (including phenoxy) is 2. The Labute approximate surface area is 128 Å². The minimum Gasteiger partial charge on any atom is -0.496 e. The third-order valence-electron chi connectivity index (χ3n) is 3.22. The number of hydrogen-bond donors (Lipinski definition) is 1. The van der Waals surface area contributed by atoms with Crippen molar-refractivity contribution in [2.45, 2.75) is 6.92 Å². The monoisotopic (exact) mass is 299 g/mol. The summed E-state index contributed by atoms with van der Waals surface area (Å²) in [5, 5.41) is 2.78. The number of anilines is 1. The molecule has 1 amide bonds. The van der Waals surface area contributed by atoms with Crippen molar-refractivity contribution in [3.63, 3.8) is 0 Å². The summed E-state index contributed by atoms with van der Waals surface area (Å²) in [6.45, 7) is 1.88. The van der Waals surface area contributed by atoms with Gasteiger partial charge in [0.25, 0.3) is 5.91 Å². The SMILES string of the molecule is COC(=O)c1ccc(NC(=O)c2ccc(OC)c(C)c2)cc1. The van der Waals surface area contributed by atoms with Crippen LogP contribution in [0.2, 0.25) is 0 Å². The molecule has 2 aromatic rings. The lowest BCUT2D eigenvalue weighted by Crippen LogP contribution is -2.12. The number of methoxy groups -OCH3 is 2. The van der Waals surface area contributed by atoms with Gasteiger partial charge in [-0.05, 0) is 55.0 Å². The zero-order valence-electron chi connectivity index (χ0n) is 12.7.